The molecule has 1 aliphatic rings. The van der Waals surface area contributed by atoms with Crippen LogP contribution in [-0.2, 0) is 14.8 Å². The van der Waals surface area contributed by atoms with E-state index in [4.69, 9.17) is 11.6 Å². The number of nitrogens with zero attached hydrogens (tertiary/aromatic N) is 6. The first-order valence-electron chi connectivity index (χ1n) is 9.88. The number of azo groups is 1. The summed E-state index contributed by atoms with van der Waals surface area (Å²) in [5.74, 6) is -2.12. The van der Waals surface area contributed by atoms with Gasteiger partial charge < -0.3 is 5.11 Å². The average Bonchev–Trinajstić information content (AvgIpc) is 3.11. The number of halogens is 1. The van der Waals surface area contributed by atoms with Crippen LogP contribution in [0.2, 0.25) is 5.02 Å². The summed E-state index contributed by atoms with van der Waals surface area (Å²) in [6.45, 7) is 1.52. The number of hydrogen-bond acceptors (Lipinski definition) is 10. The van der Waals surface area contributed by atoms with E-state index in [1.807, 2.05) is 0 Å². The van der Waals surface area contributed by atoms with E-state index < -0.39 is 38.5 Å². The predicted octanol–water partition coefficient (Wildman–Crippen LogP) is 3.15. The van der Waals surface area contributed by atoms with Gasteiger partial charge in [0.25, 0.3) is 21.8 Å². The number of amides is 2. The molecule has 0 bridgehead atoms. The second-order valence-electron chi connectivity index (χ2n) is 7.15. The Balaban J connectivity index is 1.49. The van der Waals surface area contributed by atoms with E-state index in [0.29, 0.717) is 10.0 Å². The molecule has 12 nitrogen and oxygen atoms in total. The van der Waals surface area contributed by atoms with Gasteiger partial charge in [0.15, 0.2) is 6.04 Å². The van der Waals surface area contributed by atoms with E-state index >= 15 is 0 Å². The van der Waals surface area contributed by atoms with Gasteiger partial charge in [-0.3, -0.25) is 9.59 Å². The Morgan fingerprint density at radius 3 is 2.49 bits per heavy atom. The smallest absolute Gasteiger partial charge is 0.282 e. The maximum Gasteiger partial charge on any atom is 0.282 e. The molecule has 14 heteroatoms. The predicted molar refractivity (Wildman–Crippen MR) is 125 cm³/mol. The highest BCUT2D eigenvalue weighted by Crippen LogP contribution is 2.29. The normalized spacial score (nSPS) is 15.9. The number of carbonyl (C=O) groups excluding carboxylic acids is 2. The van der Waals surface area contributed by atoms with Gasteiger partial charge in [-0.25, -0.2) is 23.1 Å². The van der Waals surface area contributed by atoms with Crippen LogP contribution in [-0.4, -0.2) is 52.1 Å². The van der Waals surface area contributed by atoms with Gasteiger partial charge in [-0.05, 0) is 49.4 Å². The molecule has 0 fully saturated rings. The molecule has 178 valence electrons. The molecule has 2 aromatic carbocycles. The summed E-state index contributed by atoms with van der Waals surface area (Å²) < 4.78 is 27.2. The fourth-order valence-electron chi connectivity index (χ4n) is 3.00. The summed E-state index contributed by atoms with van der Waals surface area (Å²) in [5, 5.41) is 23.2. The topological polar surface area (TPSA) is 167 Å². The number of phenols is 1. The van der Waals surface area contributed by atoms with Crippen molar-refractivity contribution in [1.82, 2.24) is 15.0 Å². The minimum atomic E-state index is -4.18. The number of carbonyl (C=O) groups is 2. The molecule has 1 unspecified atom stereocenters. The third kappa shape index (κ3) is 5.15. The standard InChI is InChI=1S/C21H16ClN7O5S/c1-12-18(20(32)29(27-12)19(31)13-3-5-14(22)6-4-13)26-25-15-7-8-17(16(30)11-15)35(33,34)28-21-23-9-2-10-24-21/h2-11,18,30H,1H3,(H,23,24,28)/b26-25+. The molecule has 3 aromatic rings. The second-order valence-corrected chi connectivity index (χ2v) is 9.24. The van der Waals surface area contributed by atoms with Gasteiger partial charge in [-0.15, -0.1) is 0 Å². The number of hydrazone groups is 1. The number of anilines is 1. The molecule has 1 aliphatic heterocycles. The van der Waals surface area contributed by atoms with Crippen LogP contribution in [0.4, 0.5) is 11.6 Å². The fourth-order valence-corrected chi connectivity index (χ4v) is 4.16. The molecule has 35 heavy (non-hydrogen) atoms. The van der Waals surface area contributed by atoms with E-state index in [1.54, 1.807) is 0 Å². The van der Waals surface area contributed by atoms with Gasteiger partial charge in [0.1, 0.15) is 10.6 Å². The Hall–Kier alpha value is -4.23. The minimum Gasteiger partial charge on any atom is -0.506 e. The number of nitrogens with one attached hydrogen (secondary N) is 1. The minimum absolute atomic E-state index is 0.0699. The van der Waals surface area contributed by atoms with Crippen molar-refractivity contribution in [1.29, 1.82) is 0 Å². The SMILES string of the molecule is CC1=NN(C(=O)c2ccc(Cl)cc2)C(=O)C1/N=N/c1ccc(S(=O)(=O)Nc2ncccn2)c(O)c1. The summed E-state index contributed by atoms with van der Waals surface area (Å²) in [6, 6.07) is 9.78. The maximum absolute atomic E-state index is 12.7. The van der Waals surface area contributed by atoms with Gasteiger partial charge in [0.2, 0.25) is 5.95 Å². The van der Waals surface area contributed by atoms with Crippen LogP contribution in [0.15, 0.2) is 81.2 Å². The average molecular weight is 514 g/mol. The number of hydrogen-bond donors (Lipinski definition) is 2. The van der Waals surface area contributed by atoms with E-state index in [-0.39, 0.29) is 22.9 Å². The number of benzene rings is 2. The molecular weight excluding hydrogens is 498 g/mol. The Morgan fingerprint density at radius 1 is 1.14 bits per heavy atom. The first kappa shape index (κ1) is 23.9. The maximum atomic E-state index is 12.7. The van der Waals surface area contributed by atoms with Gasteiger partial charge in [0, 0.05) is 29.0 Å². The zero-order chi connectivity index (χ0) is 25.2. The summed E-state index contributed by atoms with van der Waals surface area (Å²) >= 11 is 5.83. The van der Waals surface area contributed by atoms with Crippen LogP contribution in [0.3, 0.4) is 0 Å². The van der Waals surface area contributed by atoms with Crippen molar-refractivity contribution in [2.75, 3.05) is 4.72 Å². The molecule has 4 rings (SSSR count). The zero-order valence-electron chi connectivity index (χ0n) is 17.9. The fraction of sp³-hybridized carbons (Fsp3) is 0.0952. The van der Waals surface area contributed by atoms with Crippen LogP contribution in [0.5, 0.6) is 5.75 Å². The molecule has 0 saturated carbocycles. The van der Waals surface area contributed by atoms with Gasteiger partial charge in [0.05, 0.1) is 11.4 Å². The highest BCUT2D eigenvalue weighted by Gasteiger charge is 2.38. The Morgan fingerprint density at radius 2 is 1.83 bits per heavy atom. The second kappa shape index (κ2) is 9.56. The van der Waals surface area contributed by atoms with Gasteiger partial charge >= 0.3 is 0 Å². The number of phenolic OH excluding ortho intramolecular Hbond substituents is 1. The van der Waals surface area contributed by atoms with Gasteiger partial charge in [-0.2, -0.15) is 20.3 Å². The van der Waals surface area contributed by atoms with E-state index in [0.717, 1.165) is 12.1 Å². The molecule has 1 atom stereocenters. The van der Waals surface area contributed by atoms with Crippen LogP contribution >= 0.6 is 11.6 Å². The molecular formula is C21H16ClN7O5S. The highest BCUT2D eigenvalue weighted by atomic mass is 35.5. The van der Waals surface area contributed by atoms with Crippen molar-refractivity contribution in [3.63, 3.8) is 0 Å². The Bertz CT molecular complexity index is 1460. The first-order chi connectivity index (χ1) is 16.7. The zero-order valence-corrected chi connectivity index (χ0v) is 19.5. The lowest BCUT2D eigenvalue weighted by atomic mass is 10.2. The van der Waals surface area contributed by atoms with Gasteiger partial charge in [-0.1, -0.05) is 11.6 Å². The Kier molecular flexibility index (Phi) is 6.53. The molecule has 0 aliphatic carbocycles. The van der Waals surface area contributed by atoms with Crippen molar-refractivity contribution in [3.8, 4) is 5.75 Å². The quantitative estimate of drug-likeness (QED) is 0.377. The van der Waals surface area contributed by atoms with Crippen LogP contribution in [0.25, 0.3) is 0 Å². The number of rotatable bonds is 6. The van der Waals surface area contributed by atoms with E-state index in [1.165, 1.54) is 55.7 Å². The molecule has 1 aromatic heterocycles. The first-order valence-corrected chi connectivity index (χ1v) is 11.7. The monoisotopic (exact) mass is 513 g/mol. The largest absolute Gasteiger partial charge is 0.506 e. The number of aromatic nitrogens is 2. The van der Waals surface area contributed by atoms with Crippen molar-refractivity contribution in [2.24, 2.45) is 15.3 Å². The van der Waals surface area contributed by atoms with Crippen LogP contribution in [0, 0.1) is 0 Å². The van der Waals surface area contributed by atoms with Crippen LogP contribution < -0.4 is 4.72 Å². The third-order valence-electron chi connectivity index (χ3n) is 4.69. The number of imide groups is 1. The lowest BCUT2D eigenvalue weighted by molar-refractivity contribution is -0.127. The highest BCUT2D eigenvalue weighted by molar-refractivity contribution is 7.92. The summed E-state index contributed by atoms with van der Waals surface area (Å²) in [6.07, 6.45) is 2.71. The number of sulfonamides is 1. The molecule has 2 heterocycles. The van der Waals surface area contributed by atoms with E-state index in [9.17, 15) is 23.1 Å². The number of aromatic hydroxyl groups is 1. The van der Waals surface area contributed by atoms with E-state index in [2.05, 4.69) is 30.0 Å². The molecule has 0 saturated heterocycles. The van der Waals surface area contributed by atoms with Crippen molar-refractivity contribution in [2.45, 2.75) is 17.9 Å². The van der Waals surface area contributed by atoms with Crippen molar-refractivity contribution < 1.29 is 23.1 Å². The van der Waals surface area contributed by atoms with Crippen molar-refractivity contribution >= 4 is 50.8 Å². The van der Waals surface area contributed by atoms with Crippen LogP contribution in [0.1, 0.15) is 17.3 Å². The van der Waals surface area contributed by atoms with Crippen molar-refractivity contribution in [3.05, 3.63) is 71.5 Å². The molecule has 0 spiro atoms. The third-order valence-corrected chi connectivity index (χ3v) is 6.32. The molecule has 0 radical (unpaired) electrons. The summed E-state index contributed by atoms with van der Waals surface area (Å²) in [4.78, 5) is 32.4. The lowest BCUT2D eigenvalue weighted by Crippen LogP contribution is -2.34. The lowest BCUT2D eigenvalue weighted by Gasteiger charge is -2.10. The Labute approximate surface area is 204 Å². The molecule has 2 N–H and O–H groups in total. The summed E-state index contributed by atoms with van der Waals surface area (Å²) in [7, 11) is -4.18. The summed E-state index contributed by atoms with van der Waals surface area (Å²) in [5.41, 5.74) is 0.519. The molecule has 2 amide bonds.